The van der Waals surface area contributed by atoms with E-state index in [2.05, 4.69) is 32.4 Å². The molecule has 102 valence electrons. The average Bonchev–Trinajstić information content (AvgIpc) is 2.74. The second kappa shape index (κ2) is 7.50. The van der Waals surface area contributed by atoms with Crippen LogP contribution in [0.5, 0.6) is 0 Å². The molecule has 0 unspecified atom stereocenters. The fourth-order valence-corrected chi connectivity index (χ4v) is 6.10. The Kier molecular flexibility index (Phi) is 6.31. The number of hydrogen-bond acceptors (Lipinski definition) is 5. The van der Waals surface area contributed by atoms with Gasteiger partial charge in [0, 0.05) is 11.1 Å². The highest BCUT2D eigenvalue weighted by Crippen LogP contribution is 2.41. The molecule has 1 aromatic heterocycles. The zero-order chi connectivity index (χ0) is 12.8. The fraction of sp³-hybridized carbons (Fsp3) is 0.833. The molecule has 1 aliphatic carbocycles. The van der Waals surface area contributed by atoms with Gasteiger partial charge in [0.05, 0.1) is 0 Å². The van der Waals surface area contributed by atoms with Crippen molar-refractivity contribution in [1.82, 2.24) is 10.2 Å². The van der Waals surface area contributed by atoms with Gasteiger partial charge in [0.25, 0.3) is 0 Å². The standard InChI is InChI=1S/C12H19BrN2S3/c1-16-10-14-15-11(18-10)17-9-12(8-13)6-4-2-3-5-7-12/h2-9H2,1H3. The first-order valence-corrected chi connectivity index (χ1v) is 10.5. The van der Waals surface area contributed by atoms with Crippen LogP contribution in [0.25, 0.3) is 0 Å². The molecule has 0 saturated heterocycles. The molecule has 0 radical (unpaired) electrons. The SMILES string of the molecule is CSc1nnc(SCC2(CBr)CCCCCC2)s1. The molecule has 0 amide bonds. The van der Waals surface area contributed by atoms with Gasteiger partial charge in [-0.25, -0.2) is 0 Å². The summed E-state index contributed by atoms with van der Waals surface area (Å²) in [6.45, 7) is 0. The summed E-state index contributed by atoms with van der Waals surface area (Å²) in [5.74, 6) is 1.18. The summed E-state index contributed by atoms with van der Waals surface area (Å²) in [6.07, 6.45) is 10.4. The van der Waals surface area contributed by atoms with Crippen molar-refractivity contribution in [2.45, 2.75) is 47.2 Å². The van der Waals surface area contributed by atoms with Crippen LogP contribution in [0, 0.1) is 5.41 Å². The van der Waals surface area contributed by atoms with Crippen molar-refractivity contribution in [1.29, 1.82) is 0 Å². The lowest BCUT2D eigenvalue weighted by atomic mass is 9.85. The second-order valence-corrected chi connectivity index (χ2v) is 8.69. The van der Waals surface area contributed by atoms with Gasteiger partial charge in [-0.2, -0.15) is 0 Å². The molecule has 1 saturated carbocycles. The lowest BCUT2D eigenvalue weighted by molar-refractivity contribution is 0.334. The second-order valence-electron chi connectivity index (χ2n) is 4.87. The van der Waals surface area contributed by atoms with Crippen molar-refractivity contribution >= 4 is 50.8 Å². The molecule has 18 heavy (non-hydrogen) atoms. The molecular formula is C12H19BrN2S3. The monoisotopic (exact) mass is 366 g/mol. The predicted octanol–water partition coefficient (Wildman–Crippen LogP) is 5.09. The highest BCUT2D eigenvalue weighted by molar-refractivity contribution is 9.09. The van der Waals surface area contributed by atoms with Crippen LogP contribution >= 0.6 is 50.8 Å². The van der Waals surface area contributed by atoms with Gasteiger partial charge in [-0.05, 0) is 24.5 Å². The zero-order valence-corrected chi connectivity index (χ0v) is 14.7. The molecule has 0 aliphatic heterocycles. The van der Waals surface area contributed by atoms with Gasteiger partial charge in [-0.1, -0.05) is 76.5 Å². The van der Waals surface area contributed by atoms with Gasteiger partial charge >= 0.3 is 0 Å². The lowest BCUT2D eigenvalue weighted by Gasteiger charge is -2.29. The lowest BCUT2D eigenvalue weighted by Crippen LogP contribution is -2.25. The maximum absolute atomic E-state index is 4.26. The number of halogens is 1. The third-order valence-electron chi connectivity index (χ3n) is 3.51. The van der Waals surface area contributed by atoms with Crippen LogP contribution in [0.2, 0.25) is 0 Å². The number of alkyl halides is 1. The number of hydrogen-bond donors (Lipinski definition) is 0. The smallest absolute Gasteiger partial charge is 0.131 e. The van der Waals surface area contributed by atoms with Gasteiger partial charge < -0.3 is 0 Å². The molecule has 0 spiro atoms. The van der Waals surface area contributed by atoms with Crippen LogP contribution in [0.15, 0.2) is 8.68 Å². The van der Waals surface area contributed by atoms with Crippen molar-refractivity contribution in [3.8, 4) is 0 Å². The molecule has 1 fully saturated rings. The van der Waals surface area contributed by atoms with Crippen LogP contribution in [-0.4, -0.2) is 27.5 Å². The molecule has 1 aliphatic rings. The fourth-order valence-electron chi connectivity index (χ4n) is 2.35. The van der Waals surface area contributed by atoms with Gasteiger partial charge in [0.2, 0.25) is 0 Å². The molecule has 2 nitrogen and oxygen atoms in total. The van der Waals surface area contributed by atoms with Crippen LogP contribution in [-0.2, 0) is 0 Å². The summed E-state index contributed by atoms with van der Waals surface area (Å²) < 4.78 is 2.20. The Bertz CT molecular complexity index is 362. The minimum absolute atomic E-state index is 0.479. The van der Waals surface area contributed by atoms with E-state index >= 15 is 0 Å². The predicted molar refractivity (Wildman–Crippen MR) is 86.3 cm³/mol. The van der Waals surface area contributed by atoms with Crippen LogP contribution in [0.1, 0.15) is 38.5 Å². The van der Waals surface area contributed by atoms with Gasteiger partial charge in [0.1, 0.15) is 0 Å². The molecule has 0 atom stereocenters. The van der Waals surface area contributed by atoms with Crippen molar-refractivity contribution < 1.29 is 0 Å². The highest BCUT2D eigenvalue weighted by Gasteiger charge is 2.30. The summed E-state index contributed by atoms with van der Waals surface area (Å²) in [7, 11) is 0. The third-order valence-corrected chi connectivity index (χ3v) is 8.08. The Labute approximate surface area is 130 Å². The third kappa shape index (κ3) is 4.12. The van der Waals surface area contributed by atoms with E-state index in [1.807, 2.05) is 11.8 Å². The molecule has 6 heteroatoms. The Morgan fingerprint density at radius 1 is 1.17 bits per heavy atom. The maximum atomic E-state index is 4.26. The molecule has 0 aromatic carbocycles. The minimum Gasteiger partial charge on any atom is -0.131 e. The summed E-state index contributed by atoms with van der Waals surface area (Å²) in [6, 6.07) is 0. The Morgan fingerprint density at radius 2 is 1.83 bits per heavy atom. The van der Waals surface area contributed by atoms with Crippen LogP contribution < -0.4 is 0 Å². The molecule has 1 aromatic rings. The van der Waals surface area contributed by atoms with Crippen LogP contribution in [0.3, 0.4) is 0 Å². The van der Waals surface area contributed by atoms with Crippen molar-refractivity contribution in [2.75, 3.05) is 17.3 Å². The van der Waals surface area contributed by atoms with Gasteiger partial charge in [-0.15, -0.1) is 10.2 Å². The first-order chi connectivity index (χ1) is 8.78. The number of rotatable bonds is 5. The summed E-state index contributed by atoms with van der Waals surface area (Å²) in [4.78, 5) is 0. The molecule has 0 N–H and O–H groups in total. The van der Waals surface area contributed by atoms with E-state index in [0.29, 0.717) is 5.41 Å². The summed E-state index contributed by atoms with van der Waals surface area (Å²) >= 11 is 9.05. The van der Waals surface area contributed by atoms with Gasteiger partial charge in [-0.3, -0.25) is 0 Å². The number of aromatic nitrogens is 2. The van der Waals surface area contributed by atoms with E-state index in [1.54, 1.807) is 23.1 Å². The molecule has 1 heterocycles. The maximum Gasteiger partial charge on any atom is 0.175 e. The number of nitrogens with zero attached hydrogens (tertiary/aromatic N) is 2. The minimum atomic E-state index is 0.479. The molecule has 2 rings (SSSR count). The number of thioether (sulfide) groups is 2. The first kappa shape index (κ1) is 15.1. The topological polar surface area (TPSA) is 25.8 Å². The molecular weight excluding hydrogens is 348 g/mol. The van der Waals surface area contributed by atoms with E-state index in [9.17, 15) is 0 Å². The normalized spacial score (nSPS) is 19.7. The van der Waals surface area contributed by atoms with Crippen LogP contribution in [0.4, 0.5) is 0 Å². The quantitative estimate of drug-likeness (QED) is 0.411. The van der Waals surface area contributed by atoms with E-state index < -0.39 is 0 Å². The highest BCUT2D eigenvalue weighted by atomic mass is 79.9. The van der Waals surface area contributed by atoms with Crippen molar-refractivity contribution in [2.24, 2.45) is 5.41 Å². The summed E-state index contributed by atoms with van der Waals surface area (Å²) in [5, 5.41) is 9.55. The van der Waals surface area contributed by atoms with E-state index in [-0.39, 0.29) is 0 Å². The largest absolute Gasteiger partial charge is 0.175 e. The first-order valence-electron chi connectivity index (χ1n) is 6.34. The Hall–Kier alpha value is 0.740. The van der Waals surface area contributed by atoms with Gasteiger partial charge in [0.15, 0.2) is 8.68 Å². The Balaban J connectivity index is 1.93. The summed E-state index contributed by atoms with van der Waals surface area (Å²) in [5.41, 5.74) is 0.479. The van der Waals surface area contributed by atoms with E-state index in [0.717, 1.165) is 14.0 Å². The average molecular weight is 367 g/mol. The van der Waals surface area contributed by atoms with E-state index in [4.69, 9.17) is 0 Å². The van der Waals surface area contributed by atoms with Crippen molar-refractivity contribution in [3.05, 3.63) is 0 Å². The van der Waals surface area contributed by atoms with E-state index in [1.165, 1.54) is 44.3 Å². The Morgan fingerprint density at radius 3 is 2.39 bits per heavy atom. The van der Waals surface area contributed by atoms with Crippen molar-refractivity contribution in [3.63, 3.8) is 0 Å². The molecule has 0 bridgehead atoms. The zero-order valence-electron chi connectivity index (χ0n) is 10.7.